The first-order valence-corrected chi connectivity index (χ1v) is 8.37. The molecule has 0 radical (unpaired) electrons. The number of aryl methyl sites for hydroxylation is 1. The van der Waals surface area contributed by atoms with Crippen molar-refractivity contribution in [2.24, 2.45) is 0 Å². The Hall–Kier alpha value is -0.803. The van der Waals surface area contributed by atoms with Crippen LogP contribution in [0.25, 0.3) is 0 Å². The van der Waals surface area contributed by atoms with Gasteiger partial charge >= 0.3 is 0 Å². The van der Waals surface area contributed by atoms with Crippen molar-refractivity contribution in [1.29, 1.82) is 0 Å². The predicted molar refractivity (Wildman–Crippen MR) is 66.0 cm³/mol. The van der Waals surface area contributed by atoms with Crippen LogP contribution < -0.4 is 4.74 Å². The molecule has 0 unspecified atom stereocenters. The van der Waals surface area contributed by atoms with Gasteiger partial charge < -0.3 is 9.16 Å². The Labute approximate surface area is 93.4 Å². The maximum absolute atomic E-state index is 5.52. The van der Waals surface area contributed by atoms with E-state index in [2.05, 4.69) is 25.2 Å². The van der Waals surface area contributed by atoms with Crippen LogP contribution >= 0.6 is 0 Å². The minimum Gasteiger partial charge on any atom is -0.497 e. The Bertz CT molecular complexity index is 293. The van der Waals surface area contributed by atoms with Crippen molar-refractivity contribution in [1.82, 2.24) is 0 Å². The highest BCUT2D eigenvalue weighted by molar-refractivity contribution is 6.71. The SMILES string of the molecule is COc1ccc(CC[Si](C)(C)OC)cc1. The zero-order valence-corrected chi connectivity index (χ0v) is 11.0. The number of hydrogen-bond acceptors (Lipinski definition) is 2. The minimum absolute atomic E-state index is 0.919. The molecule has 1 rings (SSSR count). The molecule has 1 aromatic rings. The van der Waals surface area contributed by atoms with Crippen LogP contribution in [0.5, 0.6) is 5.75 Å². The average Bonchev–Trinajstić information content (AvgIpc) is 2.27. The van der Waals surface area contributed by atoms with Crippen LogP contribution in [0.2, 0.25) is 19.1 Å². The molecule has 1 aromatic carbocycles. The molecule has 0 aromatic heterocycles. The Morgan fingerprint density at radius 1 is 1.07 bits per heavy atom. The molecular formula is C12H20O2Si. The maximum Gasteiger partial charge on any atom is 0.186 e. The fourth-order valence-electron chi connectivity index (χ4n) is 1.34. The molecule has 0 amide bonds. The molecule has 0 aliphatic heterocycles. The molecule has 0 saturated heterocycles. The van der Waals surface area contributed by atoms with Crippen LogP contribution in [-0.4, -0.2) is 22.5 Å². The summed E-state index contributed by atoms with van der Waals surface area (Å²) in [6.45, 7) is 4.49. The van der Waals surface area contributed by atoms with Crippen LogP contribution in [0.15, 0.2) is 24.3 Å². The summed E-state index contributed by atoms with van der Waals surface area (Å²) in [5, 5.41) is 0. The van der Waals surface area contributed by atoms with Crippen molar-refractivity contribution in [2.45, 2.75) is 25.6 Å². The van der Waals surface area contributed by atoms with E-state index in [9.17, 15) is 0 Å². The third kappa shape index (κ3) is 4.06. The minimum atomic E-state index is -1.41. The quantitative estimate of drug-likeness (QED) is 0.716. The topological polar surface area (TPSA) is 18.5 Å². The Morgan fingerprint density at radius 3 is 2.13 bits per heavy atom. The second kappa shape index (κ2) is 5.33. The van der Waals surface area contributed by atoms with Crippen LogP contribution in [0.1, 0.15) is 5.56 Å². The highest BCUT2D eigenvalue weighted by atomic mass is 28.4. The van der Waals surface area contributed by atoms with Crippen molar-refractivity contribution in [3.8, 4) is 5.75 Å². The van der Waals surface area contributed by atoms with E-state index in [0.29, 0.717) is 0 Å². The molecule has 0 bridgehead atoms. The first-order valence-electron chi connectivity index (χ1n) is 5.25. The maximum atomic E-state index is 5.52. The van der Waals surface area contributed by atoms with Crippen molar-refractivity contribution in [3.63, 3.8) is 0 Å². The fraction of sp³-hybridized carbons (Fsp3) is 0.500. The zero-order valence-electron chi connectivity index (χ0n) is 10.0. The summed E-state index contributed by atoms with van der Waals surface area (Å²) in [6, 6.07) is 9.43. The average molecular weight is 224 g/mol. The molecule has 84 valence electrons. The molecule has 0 N–H and O–H groups in total. The van der Waals surface area contributed by atoms with Crippen LogP contribution in [0.4, 0.5) is 0 Å². The molecule has 0 heterocycles. The summed E-state index contributed by atoms with van der Waals surface area (Å²) < 4.78 is 10.6. The van der Waals surface area contributed by atoms with E-state index in [4.69, 9.17) is 9.16 Å². The first-order chi connectivity index (χ1) is 7.07. The lowest BCUT2D eigenvalue weighted by Crippen LogP contribution is -2.28. The lowest BCUT2D eigenvalue weighted by atomic mass is 10.2. The molecule has 0 aliphatic carbocycles. The van der Waals surface area contributed by atoms with Gasteiger partial charge in [-0.2, -0.15) is 0 Å². The Morgan fingerprint density at radius 2 is 1.67 bits per heavy atom. The summed E-state index contributed by atoms with van der Waals surface area (Å²) in [6.07, 6.45) is 1.09. The van der Waals surface area contributed by atoms with Crippen LogP contribution in [0.3, 0.4) is 0 Å². The summed E-state index contributed by atoms with van der Waals surface area (Å²) in [4.78, 5) is 0. The van der Waals surface area contributed by atoms with Gasteiger partial charge in [0.25, 0.3) is 0 Å². The van der Waals surface area contributed by atoms with Crippen molar-refractivity contribution < 1.29 is 9.16 Å². The smallest absolute Gasteiger partial charge is 0.186 e. The van der Waals surface area contributed by atoms with Gasteiger partial charge in [-0.1, -0.05) is 12.1 Å². The van der Waals surface area contributed by atoms with Gasteiger partial charge in [0.15, 0.2) is 8.32 Å². The van der Waals surface area contributed by atoms with Crippen LogP contribution in [0, 0.1) is 0 Å². The molecule has 0 saturated carbocycles. The number of ether oxygens (including phenoxy) is 1. The van der Waals surface area contributed by atoms with E-state index in [1.165, 1.54) is 5.56 Å². The molecule has 0 atom stereocenters. The van der Waals surface area contributed by atoms with Gasteiger partial charge in [-0.15, -0.1) is 0 Å². The number of rotatable bonds is 5. The standard InChI is InChI=1S/C12H20O2Si/c1-13-12-7-5-11(6-8-12)9-10-15(3,4)14-2/h5-8H,9-10H2,1-4H3. The van der Waals surface area contributed by atoms with Gasteiger partial charge in [-0.3, -0.25) is 0 Å². The first kappa shape index (κ1) is 12.3. The number of hydrogen-bond donors (Lipinski definition) is 0. The number of methoxy groups -OCH3 is 1. The monoisotopic (exact) mass is 224 g/mol. The second-order valence-corrected chi connectivity index (χ2v) is 8.74. The largest absolute Gasteiger partial charge is 0.497 e. The van der Waals surface area contributed by atoms with E-state index >= 15 is 0 Å². The molecule has 0 fully saturated rings. The van der Waals surface area contributed by atoms with E-state index in [-0.39, 0.29) is 0 Å². The molecule has 0 aliphatic rings. The third-order valence-electron chi connectivity index (χ3n) is 2.73. The zero-order chi connectivity index (χ0) is 11.3. The van der Waals surface area contributed by atoms with Gasteiger partial charge in [-0.25, -0.2) is 0 Å². The second-order valence-electron chi connectivity index (χ2n) is 4.31. The molecule has 15 heavy (non-hydrogen) atoms. The predicted octanol–water partition coefficient (Wildman–Crippen LogP) is 3.09. The lowest BCUT2D eigenvalue weighted by Gasteiger charge is -2.19. The van der Waals surface area contributed by atoms with Crippen molar-refractivity contribution in [2.75, 3.05) is 14.2 Å². The van der Waals surface area contributed by atoms with E-state index in [1.807, 2.05) is 19.2 Å². The highest BCUT2D eigenvalue weighted by Crippen LogP contribution is 2.17. The van der Waals surface area contributed by atoms with E-state index in [0.717, 1.165) is 18.2 Å². The summed E-state index contributed by atoms with van der Waals surface area (Å²) >= 11 is 0. The normalized spacial score (nSPS) is 11.5. The Kier molecular flexibility index (Phi) is 4.36. The van der Waals surface area contributed by atoms with Crippen molar-refractivity contribution >= 4 is 8.32 Å². The molecule has 0 spiro atoms. The summed E-state index contributed by atoms with van der Waals surface area (Å²) in [5.41, 5.74) is 1.36. The van der Waals surface area contributed by atoms with Gasteiger partial charge in [0.2, 0.25) is 0 Å². The lowest BCUT2D eigenvalue weighted by molar-refractivity contribution is 0.403. The van der Waals surface area contributed by atoms with Gasteiger partial charge in [0, 0.05) is 7.11 Å². The summed E-state index contributed by atoms with van der Waals surface area (Å²) in [5.74, 6) is 0.919. The van der Waals surface area contributed by atoms with Crippen molar-refractivity contribution in [3.05, 3.63) is 29.8 Å². The van der Waals surface area contributed by atoms with Gasteiger partial charge in [0.1, 0.15) is 5.75 Å². The van der Waals surface area contributed by atoms with E-state index in [1.54, 1.807) is 7.11 Å². The van der Waals surface area contributed by atoms with Crippen LogP contribution in [-0.2, 0) is 10.8 Å². The van der Waals surface area contributed by atoms with Gasteiger partial charge in [-0.05, 0) is 43.3 Å². The fourth-order valence-corrected chi connectivity index (χ4v) is 2.43. The van der Waals surface area contributed by atoms with Gasteiger partial charge in [0.05, 0.1) is 7.11 Å². The Balaban J connectivity index is 2.51. The summed E-state index contributed by atoms with van der Waals surface area (Å²) in [7, 11) is 2.10. The molecule has 3 heteroatoms. The third-order valence-corrected chi connectivity index (χ3v) is 5.29. The highest BCUT2D eigenvalue weighted by Gasteiger charge is 2.19. The van der Waals surface area contributed by atoms with E-state index < -0.39 is 8.32 Å². The molecule has 2 nitrogen and oxygen atoms in total. The number of benzene rings is 1. The molecular weight excluding hydrogens is 204 g/mol.